The molecule has 1 heterocycles. The van der Waals surface area contributed by atoms with Gasteiger partial charge in [0.15, 0.2) is 0 Å². The Bertz CT molecular complexity index is 688. The van der Waals surface area contributed by atoms with Crippen molar-refractivity contribution in [3.05, 3.63) is 34.6 Å². The Balaban J connectivity index is 0.00000243. The van der Waals surface area contributed by atoms with Crippen molar-refractivity contribution in [1.29, 1.82) is 0 Å². The first-order valence-corrected chi connectivity index (χ1v) is 10.5. The van der Waals surface area contributed by atoms with Gasteiger partial charge >= 0.3 is 0 Å². The molecular formula is C17H26Cl2FN3O2S. The first-order chi connectivity index (χ1) is 11.9. The fraction of sp³-hybridized carbons (Fsp3) is 0.647. The molecule has 0 unspecified atom stereocenters. The topological polar surface area (TPSA) is 52.7 Å². The van der Waals surface area contributed by atoms with E-state index in [4.69, 9.17) is 11.6 Å². The highest BCUT2D eigenvalue weighted by Crippen LogP contribution is 2.28. The monoisotopic (exact) mass is 425 g/mol. The number of benzene rings is 1. The average molecular weight is 426 g/mol. The molecule has 1 aromatic carbocycles. The SMILES string of the molecule is CN(Cc1c(F)cccc1Cl)S(=O)(=O)N1CCC(NCC2CC2)CC1.Cl. The number of nitrogens with zero attached hydrogens (tertiary/aromatic N) is 2. The van der Waals surface area contributed by atoms with Crippen molar-refractivity contribution in [3.63, 3.8) is 0 Å². The van der Waals surface area contributed by atoms with Crippen molar-refractivity contribution in [2.45, 2.75) is 38.3 Å². The Hall–Kier alpha value is -0.440. The zero-order valence-corrected chi connectivity index (χ0v) is 17.2. The predicted molar refractivity (Wildman–Crippen MR) is 104 cm³/mol. The lowest BCUT2D eigenvalue weighted by molar-refractivity contribution is 0.270. The Morgan fingerprint density at radius 2 is 1.92 bits per heavy atom. The van der Waals surface area contributed by atoms with Gasteiger partial charge in [-0.3, -0.25) is 0 Å². The van der Waals surface area contributed by atoms with E-state index in [1.54, 1.807) is 6.07 Å². The van der Waals surface area contributed by atoms with Gasteiger partial charge in [0.05, 0.1) is 0 Å². The second-order valence-corrected chi connectivity index (χ2v) is 9.43. The van der Waals surface area contributed by atoms with E-state index in [0.717, 1.165) is 25.3 Å². The third-order valence-corrected chi connectivity index (χ3v) is 7.30. The van der Waals surface area contributed by atoms with Crippen LogP contribution in [0.5, 0.6) is 0 Å². The van der Waals surface area contributed by atoms with Gasteiger partial charge in [0.25, 0.3) is 10.2 Å². The molecule has 2 aliphatic rings. The van der Waals surface area contributed by atoms with Gasteiger partial charge in [-0.25, -0.2) is 4.39 Å². The molecule has 3 rings (SSSR count). The smallest absolute Gasteiger partial charge is 0.282 e. The summed E-state index contributed by atoms with van der Waals surface area (Å²) >= 11 is 6.01. The van der Waals surface area contributed by atoms with Crippen LogP contribution in [0.1, 0.15) is 31.2 Å². The predicted octanol–water partition coefficient (Wildman–Crippen LogP) is 3.04. The van der Waals surface area contributed by atoms with E-state index >= 15 is 0 Å². The molecule has 0 bridgehead atoms. The van der Waals surface area contributed by atoms with E-state index in [-0.39, 0.29) is 29.5 Å². The van der Waals surface area contributed by atoms with Crippen LogP contribution in [0.25, 0.3) is 0 Å². The molecule has 0 atom stereocenters. The summed E-state index contributed by atoms with van der Waals surface area (Å²) < 4.78 is 42.1. The molecule has 148 valence electrons. The minimum absolute atomic E-state index is 0. The van der Waals surface area contributed by atoms with Crippen LogP contribution >= 0.6 is 24.0 Å². The van der Waals surface area contributed by atoms with E-state index in [0.29, 0.717) is 19.1 Å². The fourth-order valence-corrected chi connectivity index (χ4v) is 4.71. The Kier molecular flexibility index (Phi) is 7.71. The number of nitrogens with one attached hydrogen (secondary N) is 1. The van der Waals surface area contributed by atoms with E-state index in [2.05, 4.69) is 5.32 Å². The largest absolute Gasteiger partial charge is 0.314 e. The Morgan fingerprint density at radius 1 is 1.27 bits per heavy atom. The quantitative estimate of drug-likeness (QED) is 0.729. The van der Waals surface area contributed by atoms with Crippen molar-refractivity contribution >= 4 is 34.2 Å². The van der Waals surface area contributed by atoms with Crippen LogP contribution < -0.4 is 5.32 Å². The average Bonchev–Trinajstić information content (AvgIpc) is 3.41. The lowest BCUT2D eigenvalue weighted by Crippen LogP contribution is -2.49. The molecule has 1 saturated carbocycles. The zero-order valence-electron chi connectivity index (χ0n) is 14.8. The summed E-state index contributed by atoms with van der Waals surface area (Å²) in [5.74, 6) is 0.330. The van der Waals surface area contributed by atoms with Crippen molar-refractivity contribution < 1.29 is 12.8 Å². The van der Waals surface area contributed by atoms with Crippen molar-refractivity contribution in [1.82, 2.24) is 13.9 Å². The van der Waals surface area contributed by atoms with Gasteiger partial charge in [0.1, 0.15) is 5.82 Å². The molecule has 0 aromatic heterocycles. The highest BCUT2D eigenvalue weighted by Gasteiger charge is 2.32. The van der Waals surface area contributed by atoms with Crippen molar-refractivity contribution in [2.75, 3.05) is 26.7 Å². The number of hydrogen-bond donors (Lipinski definition) is 1. The zero-order chi connectivity index (χ0) is 18.0. The lowest BCUT2D eigenvalue weighted by atomic mass is 10.1. The highest BCUT2D eigenvalue weighted by molar-refractivity contribution is 7.86. The first kappa shape index (κ1) is 21.9. The summed E-state index contributed by atoms with van der Waals surface area (Å²) in [6.07, 6.45) is 4.23. The first-order valence-electron chi connectivity index (χ1n) is 8.75. The molecule has 0 spiro atoms. The van der Waals surface area contributed by atoms with Gasteiger partial charge in [-0.2, -0.15) is 17.0 Å². The van der Waals surface area contributed by atoms with E-state index < -0.39 is 16.0 Å². The van der Waals surface area contributed by atoms with Crippen LogP contribution in [0.2, 0.25) is 5.02 Å². The standard InChI is InChI=1S/C17H25ClFN3O2S.ClH/c1-21(12-15-16(18)3-2-4-17(15)19)25(23,24)22-9-7-14(8-10-22)20-11-13-5-6-13;/h2-4,13-14,20H,5-12H2,1H3;1H. The number of halogens is 3. The normalized spacial score (nSPS) is 19.5. The van der Waals surface area contributed by atoms with E-state index in [9.17, 15) is 12.8 Å². The molecule has 1 aromatic rings. The molecule has 9 heteroatoms. The molecule has 1 aliphatic heterocycles. The lowest BCUT2D eigenvalue weighted by Gasteiger charge is -2.34. The summed E-state index contributed by atoms with van der Waals surface area (Å²) in [7, 11) is -2.15. The summed E-state index contributed by atoms with van der Waals surface area (Å²) in [6, 6.07) is 4.75. The minimum Gasteiger partial charge on any atom is -0.314 e. The molecule has 0 amide bonds. The Labute approximate surface area is 166 Å². The van der Waals surface area contributed by atoms with Gasteiger partial charge in [-0.15, -0.1) is 12.4 Å². The summed E-state index contributed by atoms with van der Waals surface area (Å²) in [5.41, 5.74) is 0.205. The number of rotatable bonds is 7. The maximum atomic E-state index is 13.9. The van der Waals surface area contributed by atoms with Crippen LogP contribution in [0, 0.1) is 11.7 Å². The molecule has 1 aliphatic carbocycles. The third kappa shape index (κ3) is 5.30. The van der Waals surface area contributed by atoms with Crippen molar-refractivity contribution in [3.8, 4) is 0 Å². The molecular weight excluding hydrogens is 400 g/mol. The van der Waals surface area contributed by atoms with Crippen LogP contribution in [-0.4, -0.2) is 49.8 Å². The summed E-state index contributed by atoms with van der Waals surface area (Å²) in [4.78, 5) is 0. The third-order valence-electron chi connectivity index (χ3n) is 5.01. The van der Waals surface area contributed by atoms with Gasteiger partial charge in [-0.1, -0.05) is 17.7 Å². The molecule has 5 nitrogen and oxygen atoms in total. The minimum atomic E-state index is -3.62. The fourth-order valence-electron chi connectivity index (χ4n) is 3.13. The molecule has 1 saturated heterocycles. The van der Waals surface area contributed by atoms with E-state index in [1.807, 2.05) is 0 Å². The summed E-state index contributed by atoms with van der Waals surface area (Å²) in [5, 5.41) is 3.78. The van der Waals surface area contributed by atoms with Gasteiger partial charge in [0.2, 0.25) is 0 Å². The van der Waals surface area contributed by atoms with Crippen LogP contribution in [0.4, 0.5) is 4.39 Å². The van der Waals surface area contributed by atoms with Crippen molar-refractivity contribution in [2.24, 2.45) is 5.92 Å². The summed E-state index contributed by atoms with van der Waals surface area (Å²) in [6.45, 7) is 1.94. The number of hydrogen-bond acceptors (Lipinski definition) is 3. The van der Waals surface area contributed by atoms with Crippen LogP contribution in [-0.2, 0) is 16.8 Å². The van der Waals surface area contributed by atoms with Gasteiger partial charge in [0, 0.05) is 43.3 Å². The number of piperidine rings is 1. The molecule has 0 radical (unpaired) electrons. The molecule has 2 fully saturated rings. The highest BCUT2D eigenvalue weighted by atomic mass is 35.5. The maximum absolute atomic E-state index is 13.9. The Morgan fingerprint density at radius 3 is 2.50 bits per heavy atom. The van der Waals surface area contributed by atoms with Crippen LogP contribution in [0.3, 0.4) is 0 Å². The maximum Gasteiger partial charge on any atom is 0.282 e. The second-order valence-electron chi connectivity index (χ2n) is 6.99. The molecule has 1 N–H and O–H groups in total. The molecule has 26 heavy (non-hydrogen) atoms. The second kappa shape index (κ2) is 9.17. The van der Waals surface area contributed by atoms with Crippen LogP contribution in [0.15, 0.2) is 18.2 Å². The van der Waals surface area contributed by atoms with E-state index in [1.165, 1.54) is 40.6 Å². The van der Waals surface area contributed by atoms with Gasteiger partial charge in [-0.05, 0) is 50.3 Å². The van der Waals surface area contributed by atoms with Gasteiger partial charge < -0.3 is 5.32 Å².